The molecule has 3 aromatic carbocycles. The number of hydrogen-bond acceptors (Lipinski definition) is 5. The monoisotopic (exact) mass is 509 g/mol. The third-order valence-corrected chi connectivity index (χ3v) is 8.25. The van der Waals surface area contributed by atoms with E-state index in [9.17, 15) is 24.5 Å². The average molecular weight is 510 g/mol. The molecule has 1 saturated heterocycles. The van der Waals surface area contributed by atoms with E-state index in [0.29, 0.717) is 12.8 Å². The van der Waals surface area contributed by atoms with Gasteiger partial charge in [-0.15, -0.1) is 0 Å². The fraction of sp³-hybridized carbons (Fsp3) is 0.300. The number of nitro benzene ring substituents is 1. The van der Waals surface area contributed by atoms with Gasteiger partial charge >= 0.3 is 0 Å². The quantitative estimate of drug-likeness (QED) is 0.274. The van der Waals surface area contributed by atoms with Crippen LogP contribution in [0.5, 0.6) is 0 Å². The number of likely N-dealkylation sites (tertiary alicyclic amines) is 1. The highest BCUT2D eigenvalue weighted by Crippen LogP contribution is 2.61. The lowest BCUT2D eigenvalue weighted by Gasteiger charge is -2.45. The van der Waals surface area contributed by atoms with Gasteiger partial charge in [-0.05, 0) is 34.7 Å². The van der Waals surface area contributed by atoms with Gasteiger partial charge in [0.25, 0.3) is 5.69 Å². The number of carbonyl (C=O) groups is 3. The van der Waals surface area contributed by atoms with E-state index in [1.54, 1.807) is 6.07 Å². The topological polar surface area (TPSA) is 110 Å². The highest BCUT2D eigenvalue weighted by molar-refractivity contribution is 6.11. The Balaban J connectivity index is 1.38. The number of nitrogens with zero attached hydrogens (tertiary/aromatic N) is 2. The minimum Gasteiger partial charge on any atom is -0.324 e. The van der Waals surface area contributed by atoms with Crippen LogP contribution in [0.4, 0.5) is 11.4 Å². The fourth-order valence-electron chi connectivity index (χ4n) is 6.71. The van der Waals surface area contributed by atoms with Crippen LogP contribution in [0.1, 0.15) is 60.3 Å². The minimum atomic E-state index is -0.995. The molecule has 3 aromatic rings. The minimum absolute atomic E-state index is 0.153. The number of hydrogen-bond donors (Lipinski definition) is 1. The lowest BCUT2D eigenvalue weighted by atomic mass is 9.55. The fourth-order valence-corrected chi connectivity index (χ4v) is 6.71. The van der Waals surface area contributed by atoms with Crippen molar-refractivity contribution in [2.45, 2.75) is 44.1 Å². The van der Waals surface area contributed by atoms with E-state index in [1.807, 2.05) is 55.5 Å². The summed E-state index contributed by atoms with van der Waals surface area (Å²) in [5, 5.41) is 13.9. The number of anilines is 1. The first-order valence-corrected chi connectivity index (χ1v) is 13.0. The molecule has 3 amide bonds. The highest BCUT2D eigenvalue weighted by atomic mass is 16.6. The van der Waals surface area contributed by atoms with E-state index in [0.717, 1.165) is 28.7 Å². The van der Waals surface area contributed by atoms with Gasteiger partial charge in [0, 0.05) is 29.7 Å². The Kier molecular flexibility index (Phi) is 5.82. The van der Waals surface area contributed by atoms with Crippen LogP contribution in [0.15, 0.2) is 72.8 Å². The third-order valence-electron chi connectivity index (χ3n) is 8.25. The number of imide groups is 1. The predicted octanol–water partition coefficient (Wildman–Crippen LogP) is 4.98. The molecule has 7 rings (SSSR count). The van der Waals surface area contributed by atoms with E-state index in [2.05, 4.69) is 5.32 Å². The van der Waals surface area contributed by atoms with Crippen molar-refractivity contribution in [1.29, 1.82) is 0 Å². The number of nitro groups is 1. The Morgan fingerprint density at radius 1 is 0.895 bits per heavy atom. The molecule has 192 valence electrons. The van der Waals surface area contributed by atoms with Crippen molar-refractivity contribution in [1.82, 2.24) is 4.90 Å². The standard InChI is InChI=1S/C30H27N3O5/c1-2-3-15-23(28(34)31-17-9-8-10-18(16-17)33(37)38)32-29(35)26-24-19-11-4-5-12-20(19)25(27(26)30(32)36)22-14-7-6-13-21(22)24/h4-14,16,23-27H,2-3,15H2,1H3,(H,31,34)/t23-,24?,25?,26+,27+/m1/s1. The zero-order valence-corrected chi connectivity index (χ0v) is 20.9. The Morgan fingerprint density at radius 2 is 1.42 bits per heavy atom. The molecule has 8 nitrogen and oxygen atoms in total. The number of nitrogens with one attached hydrogen (secondary N) is 1. The van der Waals surface area contributed by atoms with Gasteiger partial charge < -0.3 is 5.32 Å². The van der Waals surface area contributed by atoms with Crippen molar-refractivity contribution in [2.24, 2.45) is 11.8 Å². The first kappa shape index (κ1) is 24.0. The second-order valence-corrected chi connectivity index (χ2v) is 10.3. The third kappa shape index (κ3) is 3.55. The first-order chi connectivity index (χ1) is 18.4. The van der Waals surface area contributed by atoms with Crippen molar-refractivity contribution in [3.05, 3.63) is 105 Å². The number of carbonyl (C=O) groups excluding carboxylic acids is 3. The van der Waals surface area contributed by atoms with Crippen LogP contribution in [-0.4, -0.2) is 33.6 Å². The van der Waals surface area contributed by atoms with Crippen LogP contribution in [0.25, 0.3) is 0 Å². The van der Waals surface area contributed by atoms with Gasteiger partial charge in [-0.3, -0.25) is 29.4 Å². The molecule has 0 aromatic heterocycles. The van der Waals surface area contributed by atoms with Gasteiger partial charge in [0.15, 0.2) is 0 Å². The molecule has 1 heterocycles. The largest absolute Gasteiger partial charge is 0.324 e. The normalized spacial score (nSPS) is 23.4. The zero-order valence-electron chi connectivity index (χ0n) is 20.9. The van der Waals surface area contributed by atoms with E-state index < -0.39 is 28.7 Å². The smallest absolute Gasteiger partial charge is 0.271 e. The summed E-state index contributed by atoms with van der Waals surface area (Å²) in [6, 6.07) is 20.7. The molecule has 1 N–H and O–H groups in total. The molecule has 0 spiro atoms. The summed E-state index contributed by atoms with van der Waals surface area (Å²) in [6.45, 7) is 1.98. The summed E-state index contributed by atoms with van der Waals surface area (Å²) in [5.41, 5.74) is 4.40. The zero-order chi connectivity index (χ0) is 26.6. The second kappa shape index (κ2) is 9.20. The van der Waals surface area contributed by atoms with Crippen LogP contribution in [0.2, 0.25) is 0 Å². The molecule has 0 unspecified atom stereocenters. The van der Waals surface area contributed by atoms with Crippen molar-refractivity contribution >= 4 is 29.1 Å². The maximum atomic E-state index is 14.1. The van der Waals surface area contributed by atoms with Crippen molar-refractivity contribution in [3.8, 4) is 0 Å². The summed E-state index contributed by atoms with van der Waals surface area (Å²) in [6.07, 6.45) is 1.75. The van der Waals surface area contributed by atoms with Gasteiger partial charge in [-0.25, -0.2) is 0 Å². The maximum Gasteiger partial charge on any atom is 0.271 e. The number of amides is 3. The van der Waals surface area contributed by atoms with Crippen molar-refractivity contribution in [2.75, 3.05) is 5.32 Å². The highest BCUT2D eigenvalue weighted by Gasteiger charge is 2.62. The molecule has 3 aliphatic carbocycles. The van der Waals surface area contributed by atoms with Crippen molar-refractivity contribution < 1.29 is 19.3 Å². The Labute approximate surface area is 219 Å². The van der Waals surface area contributed by atoms with Gasteiger partial charge in [-0.1, -0.05) is 74.4 Å². The number of unbranched alkanes of at least 4 members (excludes halogenated alkanes) is 1. The molecule has 1 fully saturated rings. The lowest BCUT2D eigenvalue weighted by molar-refractivity contribution is -0.384. The Bertz CT molecular complexity index is 1370. The molecule has 4 aliphatic rings. The second-order valence-electron chi connectivity index (χ2n) is 10.3. The average Bonchev–Trinajstić information content (AvgIpc) is 3.19. The molecular formula is C30H27N3O5. The van der Waals surface area contributed by atoms with E-state index >= 15 is 0 Å². The lowest BCUT2D eigenvalue weighted by Crippen LogP contribution is -2.48. The van der Waals surface area contributed by atoms with Gasteiger partial charge in [-0.2, -0.15) is 0 Å². The Hall–Kier alpha value is -4.33. The van der Waals surface area contributed by atoms with Crippen LogP contribution >= 0.6 is 0 Å². The maximum absolute atomic E-state index is 14.1. The Morgan fingerprint density at radius 3 is 1.89 bits per heavy atom. The van der Waals surface area contributed by atoms with Crippen LogP contribution in [-0.2, 0) is 14.4 Å². The molecule has 1 aliphatic heterocycles. The molecular weight excluding hydrogens is 482 g/mol. The molecule has 38 heavy (non-hydrogen) atoms. The van der Waals surface area contributed by atoms with E-state index in [-0.39, 0.29) is 35.0 Å². The number of rotatable bonds is 7. The van der Waals surface area contributed by atoms with Gasteiger partial charge in [0.1, 0.15) is 6.04 Å². The van der Waals surface area contributed by atoms with Crippen LogP contribution < -0.4 is 5.32 Å². The van der Waals surface area contributed by atoms with E-state index in [1.165, 1.54) is 23.1 Å². The summed E-state index contributed by atoms with van der Waals surface area (Å²) >= 11 is 0. The summed E-state index contributed by atoms with van der Waals surface area (Å²) < 4.78 is 0. The van der Waals surface area contributed by atoms with Gasteiger partial charge in [0.05, 0.1) is 16.8 Å². The SMILES string of the molecule is CCCC[C@H](C(=O)Nc1cccc([N+](=O)[O-])c1)N1C(=O)[C@H]2C3c4ccccc4C(c4ccccc43)[C@@H]2C1=O. The molecule has 0 radical (unpaired) electrons. The van der Waals surface area contributed by atoms with Gasteiger partial charge in [0.2, 0.25) is 17.7 Å². The molecule has 0 saturated carbocycles. The number of non-ortho nitro benzene ring substituents is 1. The van der Waals surface area contributed by atoms with Crippen LogP contribution in [0.3, 0.4) is 0 Å². The van der Waals surface area contributed by atoms with Crippen molar-refractivity contribution in [3.63, 3.8) is 0 Å². The summed E-state index contributed by atoms with van der Waals surface area (Å²) in [7, 11) is 0. The molecule has 3 atom stereocenters. The number of benzene rings is 3. The molecule has 8 heteroatoms. The predicted molar refractivity (Wildman–Crippen MR) is 140 cm³/mol. The van der Waals surface area contributed by atoms with Crippen LogP contribution in [0, 0.1) is 22.0 Å². The molecule has 2 bridgehead atoms. The summed E-state index contributed by atoms with van der Waals surface area (Å²) in [5.74, 6) is -2.75. The summed E-state index contributed by atoms with van der Waals surface area (Å²) in [4.78, 5) is 53.6. The first-order valence-electron chi connectivity index (χ1n) is 13.0. The van der Waals surface area contributed by atoms with E-state index in [4.69, 9.17) is 0 Å².